The first-order chi connectivity index (χ1) is 13.5. The summed E-state index contributed by atoms with van der Waals surface area (Å²) in [6, 6.07) is 10.1. The molecule has 1 aromatic heterocycles. The number of nitrogens with one attached hydrogen (secondary N) is 2. The number of benzene rings is 1. The number of aliphatic imine (C=N–C) groups is 1. The maximum atomic E-state index is 6.56. The summed E-state index contributed by atoms with van der Waals surface area (Å²) >= 11 is 6.56. The van der Waals surface area contributed by atoms with Crippen LogP contribution < -0.4 is 15.5 Å². The van der Waals surface area contributed by atoms with E-state index in [1.807, 2.05) is 31.2 Å². The Morgan fingerprint density at radius 3 is 2.55 bits per heavy atom. The third kappa shape index (κ3) is 6.26. The molecule has 0 bridgehead atoms. The van der Waals surface area contributed by atoms with Crippen LogP contribution in [0, 0.1) is 6.92 Å². The van der Waals surface area contributed by atoms with Gasteiger partial charge in [-0.3, -0.25) is 4.99 Å². The Morgan fingerprint density at radius 1 is 1.21 bits per heavy atom. The highest BCUT2D eigenvalue weighted by atomic mass is 127. The minimum absolute atomic E-state index is 0. The standard InChI is InChI=1S/C21H30ClN5O.HI/c1-15-8-9-20(28-15)16(2)25-21(23-3)24-14-17-18(22)6-5-7-19(17)27-12-10-26(4)11-13-27;/h5-9,16H,10-14H2,1-4H3,(H2,23,24,25);1H. The van der Waals surface area contributed by atoms with Gasteiger partial charge in [-0.25, -0.2) is 0 Å². The molecule has 1 fully saturated rings. The van der Waals surface area contributed by atoms with Gasteiger partial charge in [0.15, 0.2) is 5.96 Å². The third-order valence-corrected chi connectivity index (χ3v) is 5.49. The van der Waals surface area contributed by atoms with E-state index in [0.29, 0.717) is 12.5 Å². The largest absolute Gasteiger partial charge is 0.464 e. The highest BCUT2D eigenvalue weighted by molar-refractivity contribution is 14.0. The number of hydrogen-bond acceptors (Lipinski definition) is 4. The van der Waals surface area contributed by atoms with E-state index in [1.165, 1.54) is 5.69 Å². The number of halogens is 2. The Balaban J connectivity index is 0.00000300. The minimum Gasteiger partial charge on any atom is -0.464 e. The SMILES string of the molecule is CN=C(NCc1c(Cl)cccc1N1CCN(C)CC1)NC(C)c1ccc(C)o1.I. The predicted octanol–water partition coefficient (Wildman–Crippen LogP) is 4.04. The van der Waals surface area contributed by atoms with Crippen LogP contribution in [-0.2, 0) is 6.54 Å². The van der Waals surface area contributed by atoms with Crippen molar-refractivity contribution in [2.75, 3.05) is 45.2 Å². The lowest BCUT2D eigenvalue weighted by Crippen LogP contribution is -2.45. The summed E-state index contributed by atoms with van der Waals surface area (Å²) in [6.45, 7) is 8.73. The Kier molecular flexibility index (Phi) is 9.10. The van der Waals surface area contributed by atoms with E-state index < -0.39 is 0 Å². The van der Waals surface area contributed by atoms with E-state index in [2.05, 4.69) is 45.5 Å². The summed E-state index contributed by atoms with van der Waals surface area (Å²) < 4.78 is 5.70. The fourth-order valence-electron chi connectivity index (χ4n) is 3.39. The minimum atomic E-state index is 0. The molecule has 8 heteroatoms. The molecule has 0 spiro atoms. The molecule has 29 heavy (non-hydrogen) atoms. The first-order valence-corrected chi connectivity index (χ1v) is 10.1. The Morgan fingerprint density at radius 2 is 1.93 bits per heavy atom. The van der Waals surface area contributed by atoms with Crippen LogP contribution in [0.5, 0.6) is 0 Å². The van der Waals surface area contributed by atoms with Crippen molar-refractivity contribution in [3.63, 3.8) is 0 Å². The summed E-state index contributed by atoms with van der Waals surface area (Å²) in [4.78, 5) is 9.11. The van der Waals surface area contributed by atoms with Gasteiger partial charge in [0.05, 0.1) is 6.04 Å². The number of furan rings is 1. The number of guanidine groups is 1. The van der Waals surface area contributed by atoms with Gasteiger partial charge in [-0.05, 0) is 45.2 Å². The van der Waals surface area contributed by atoms with Gasteiger partial charge in [0, 0.05) is 56.0 Å². The molecular formula is C21H31ClIN5O. The van der Waals surface area contributed by atoms with Crippen molar-refractivity contribution in [2.24, 2.45) is 4.99 Å². The summed E-state index contributed by atoms with van der Waals surface area (Å²) in [7, 11) is 3.93. The molecule has 2 heterocycles. The average Bonchev–Trinajstić information content (AvgIpc) is 3.13. The van der Waals surface area contributed by atoms with Crippen LogP contribution in [0.1, 0.15) is 30.0 Å². The molecular weight excluding hydrogens is 501 g/mol. The van der Waals surface area contributed by atoms with Crippen molar-refractivity contribution in [1.29, 1.82) is 0 Å². The molecule has 2 aromatic rings. The molecule has 0 radical (unpaired) electrons. The zero-order valence-electron chi connectivity index (χ0n) is 17.5. The molecule has 1 aliphatic rings. The molecule has 1 aromatic carbocycles. The first kappa shape index (κ1) is 23.8. The fraction of sp³-hybridized carbons (Fsp3) is 0.476. The molecule has 0 saturated carbocycles. The topological polar surface area (TPSA) is 56.0 Å². The maximum Gasteiger partial charge on any atom is 0.191 e. The molecule has 2 N–H and O–H groups in total. The van der Waals surface area contributed by atoms with Gasteiger partial charge in [-0.2, -0.15) is 0 Å². The second kappa shape index (κ2) is 11.1. The normalized spacial score (nSPS) is 16.3. The summed E-state index contributed by atoms with van der Waals surface area (Å²) in [6.07, 6.45) is 0. The molecule has 0 amide bonds. The zero-order chi connectivity index (χ0) is 20.1. The predicted molar refractivity (Wildman–Crippen MR) is 132 cm³/mol. The number of anilines is 1. The van der Waals surface area contributed by atoms with E-state index >= 15 is 0 Å². The highest BCUT2D eigenvalue weighted by Crippen LogP contribution is 2.28. The Bertz CT molecular complexity index is 817. The van der Waals surface area contributed by atoms with Gasteiger partial charge in [0.1, 0.15) is 11.5 Å². The van der Waals surface area contributed by atoms with Crippen LogP contribution in [0.3, 0.4) is 0 Å². The maximum absolute atomic E-state index is 6.56. The Labute approximate surface area is 195 Å². The third-order valence-electron chi connectivity index (χ3n) is 5.14. The molecule has 1 atom stereocenters. The van der Waals surface area contributed by atoms with E-state index in [1.54, 1.807) is 7.05 Å². The van der Waals surface area contributed by atoms with E-state index in [0.717, 1.165) is 48.3 Å². The number of likely N-dealkylation sites (N-methyl/N-ethyl adjacent to an activating group) is 1. The molecule has 1 saturated heterocycles. The van der Waals surface area contributed by atoms with E-state index in [9.17, 15) is 0 Å². The van der Waals surface area contributed by atoms with Crippen molar-refractivity contribution in [2.45, 2.75) is 26.4 Å². The van der Waals surface area contributed by atoms with Crippen LogP contribution >= 0.6 is 35.6 Å². The second-order valence-electron chi connectivity index (χ2n) is 7.27. The van der Waals surface area contributed by atoms with Crippen LogP contribution in [0.2, 0.25) is 5.02 Å². The smallest absolute Gasteiger partial charge is 0.191 e. The summed E-state index contributed by atoms with van der Waals surface area (Å²) in [5, 5.41) is 7.54. The van der Waals surface area contributed by atoms with Crippen molar-refractivity contribution in [3.05, 3.63) is 52.4 Å². The number of piperazine rings is 1. The molecule has 0 aliphatic carbocycles. The second-order valence-corrected chi connectivity index (χ2v) is 7.68. The van der Waals surface area contributed by atoms with E-state index in [-0.39, 0.29) is 30.0 Å². The van der Waals surface area contributed by atoms with Gasteiger partial charge in [-0.15, -0.1) is 24.0 Å². The fourth-order valence-corrected chi connectivity index (χ4v) is 3.63. The average molecular weight is 532 g/mol. The lowest BCUT2D eigenvalue weighted by Gasteiger charge is -2.35. The summed E-state index contributed by atoms with van der Waals surface area (Å²) in [5.74, 6) is 2.50. The molecule has 160 valence electrons. The van der Waals surface area contributed by atoms with Gasteiger partial charge in [-0.1, -0.05) is 17.7 Å². The highest BCUT2D eigenvalue weighted by Gasteiger charge is 2.19. The molecule has 6 nitrogen and oxygen atoms in total. The Hall–Kier alpha value is -1.45. The lowest BCUT2D eigenvalue weighted by atomic mass is 10.1. The monoisotopic (exact) mass is 531 g/mol. The van der Waals surface area contributed by atoms with Crippen LogP contribution in [0.15, 0.2) is 39.7 Å². The zero-order valence-corrected chi connectivity index (χ0v) is 20.6. The number of hydrogen-bond donors (Lipinski definition) is 2. The van der Waals surface area contributed by atoms with Crippen LogP contribution in [0.4, 0.5) is 5.69 Å². The van der Waals surface area contributed by atoms with Crippen molar-refractivity contribution in [1.82, 2.24) is 15.5 Å². The van der Waals surface area contributed by atoms with Crippen molar-refractivity contribution >= 4 is 47.2 Å². The summed E-state index contributed by atoms with van der Waals surface area (Å²) in [5.41, 5.74) is 2.29. The van der Waals surface area contributed by atoms with Gasteiger partial charge in [0.2, 0.25) is 0 Å². The van der Waals surface area contributed by atoms with Gasteiger partial charge >= 0.3 is 0 Å². The van der Waals surface area contributed by atoms with Crippen LogP contribution in [-0.4, -0.2) is 51.1 Å². The van der Waals surface area contributed by atoms with Crippen molar-refractivity contribution in [3.8, 4) is 0 Å². The van der Waals surface area contributed by atoms with E-state index in [4.69, 9.17) is 16.0 Å². The number of rotatable bonds is 5. The first-order valence-electron chi connectivity index (χ1n) is 9.72. The van der Waals surface area contributed by atoms with Gasteiger partial charge < -0.3 is 24.9 Å². The number of aryl methyl sites for hydroxylation is 1. The molecule has 1 aliphatic heterocycles. The van der Waals surface area contributed by atoms with Crippen LogP contribution in [0.25, 0.3) is 0 Å². The van der Waals surface area contributed by atoms with Gasteiger partial charge in [0.25, 0.3) is 0 Å². The molecule has 1 unspecified atom stereocenters. The lowest BCUT2D eigenvalue weighted by molar-refractivity contribution is 0.312. The molecule has 3 rings (SSSR count). The quantitative estimate of drug-likeness (QED) is 0.347. The van der Waals surface area contributed by atoms with Crippen molar-refractivity contribution < 1.29 is 4.42 Å². The number of nitrogens with zero attached hydrogens (tertiary/aromatic N) is 3.